The summed E-state index contributed by atoms with van der Waals surface area (Å²) >= 11 is 0.727. The van der Waals surface area contributed by atoms with Crippen molar-refractivity contribution in [2.75, 3.05) is 5.32 Å². The highest BCUT2D eigenvalue weighted by Gasteiger charge is 2.19. The summed E-state index contributed by atoms with van der Waals surface area (Å²) < 4.78 is 15.5. The van der Waals surface area contributed by atoms with Gasteiger partial charge in [0.1, 0.15) is 5.69 Å². The smallest absolute Gasteiger partial charge is 0.277 e. The predicted molar refractivity (Wildman–Crippen MR) is 92.4 cm³/mol. The molecule has 4 aromatic rings. The highest BCUT2D eigenvalue weighted by atomic mass is 32.1. The molecule has 0 bridgehead atoms. The number of rotatable bonds is 4. The third-order valence-corrected chi connectivity index (χ3v) is 4.16. The lowest BCUT2D eigenvalue weighted by Gasteiger charge is -2.05. The molecule has 1 amide bonds. The molecule has 0 spiro atoms. The number of hydrogen-bond donors (Lipinski definition) is 1. The van der Waals surface area contributed by atoms with E-state index in [0.717, 1.165) is 11.3 Å². The number of carbonyl (C=O) groups excluding carboxylic acids is 1. The molecule has 0 unspecified atom stereocenters. The van der Waals surface area contributed by atoms with Crippen molar-refractivity contribution in [1.82, 2.24) is 29.9 Å². The van der Waals surface area contributed by atoms with E-state index >= 15 is 0 Å². The lowest BCUT2D eigenvalue weighted by molar-refractivity contribution is 0.101. The Kier molecular flexibility index (Phi) is 4.15. The Morgan fingerprint density at radius 2 is 2.00 bits per heavy atom. The van der Waals surface area contributed by atoms with E-state index in [1.165, 1.54) is 10.9 Å². The average Bonchev–Trinajstić information content (AvgIpc) is 3.30. The zero-order chi connectivity index (χ0) is 17.9. The van der Waals surface area contributed by atoms with Crippen LogP contribution in [0.5, 0.6) is 0 Å². The molecular formula is C16H10FN7OS. The number of thiazole rings is 1. The van der Waals surface area contributed by atoms with Gasteiger partial charge in [0.25, 0.3) is 5.91 Å². The molecule has 0 saturated heterocycles. The highest BCUT2D eigenvalue weighted by Crippen LogP contribution is 2.28. The number of amides is 1. The van der Waals surface area contributed by atoms with Gasteiger partial charge in [-0.2, -0.15) is 4.39 Å². The molecule has 4 rings (SSSR count). The molecule has 0 atom stereocenters. The van der Waals surface area contributed by atoms with Gasteiger partial charge in [-0.3, -0.25) is 20.1 Å². The molecule has 8 nitrogen and oxygen atoms in total. The minimum atomic E-state index is -0.528. The Morgan fingerprint density at radius 3 is 2.77 bits per heavy atom. The summed E-state index contributed by atoms with van der Waals surface area (Å²) in [6.45, 7) is 0. The van der Waals surface area contributed by atoms with Crippen LogP contribution in [-0.2, 0) is 0 Å². The number of aromatic nitrogens is 6. The maximum Gasteiger partial charge on any atom is 0.277 e. The zero-order valence-electron chi connectivity index (χ0n) is 13.1. The molecular weight excluding hydrogens is 357 g/mol. The summed E-state index contributed by atoms with van der Waals surface area (Å²) in [5.41, 5.74) is 1.30. The normalized spacial score (nSPS) is 10.7. The van der Waals surface area contributed by atoms with E-state index < -0.39 is 11.0 Å². The number of nitrogens with one attached hydrogen (secondary N) is 1. The second-order valence-corrected chi connectivity index (χ2v) is 6.00. The molecule has 4 heterocycles. The van der Waals surface area contributed by atoms with Gasteiger partial charge in [-0.25, -0.2) is 9.67 Å². The van der Waals surface area contributed by atoms with Gasteiger partial charge in [-0.1, -0.05) is 22.6 Å². The summed E-state index contributed by atoms with van der Waals surface area (Å²) in [6.07, 6.45) is 6.02. The van der Waals surface area contributed by atoms with E-state index in [0.29, 0.717) is 11.4 Å². The number of anilines is 1. The Balaban J connectivity index is 1.60. The number of hydrogen-bond acceptors (Lipinski definition) is 7. The predicted octanol–water partition coefficient (Wildman–Crippen LogP) is 2.57. The van der Waals surface area contributed by atoms with Gasteiger partial charge in [-0.15, -0.1) is 5.10 Å². The van der Waals surface area contributed by atoms with Gasteiger partial charge in [-0.05, 0) is 24.3 Å². The lowest BCUT2D eigenvalue weighted by atomic mass is 10.3. The Labute approximate surface area is 150 Å². The van der Waals surface area contributed by atoms with Crippen molar-refractivity contribution >= 4 is 22.4 Å². The standard InChI is InChI=1S/C16H10FN7OS/c17-14-13(11-3-1-2-6-19-11)21-16(26-14)22-15(25)12-9-20-23-24(12)10-4-7-18-8-5-10/h1-9H,(H,21,22,25). The van der Waals surface area contributed by atoms with Crippen molar-refractivity contribution in [2.45, 2.75) is 0 Å². The lowest BCUT2D eigenvalue weighted by Crippen LogP contribution is -2.16. The molecule has 0 fully saturated rings. The molecule has 0 radical (unpaired) electrons. The fourth-order valence-electron chi connectivity index (χ4n) is 2.24. The fourth-order valence-corrected chi connectivity index (χ4v) is 2.94. The molecule has 1 N–H and O–H groups in total. The van der Waals surface area contributed by atoms with Crippen LogP contribution >= 0.6 is 11.3 Å². The summed E-state index contributed by atoms with van der Waals surface area (Å²) in [7, 11) is 0. The molecule has 10 heteroatoms. The first kappa shape index (κ1) is 16.0. The maximum atomic E-state index is 14.2. The summed E-state index contributed by atoms with van der Waals surface area (Å²) in [5, 5.41) is 9.82. The van der Waals surface area contributed by atoms with E-state index in [9.17, 15) is 9.18 Å². The summed E-state index contributed by atoms with van der Waals surface area (Å²) in [4.78, 5) is 24.6. The zero-order valence-corrected chi connectivity index (χ0v) is 13.9. The molecule has 0 aliphatic carbocycles. The van der Waals surface area contributed by atoms with Gasteiger partial charge in [0, 0.05) is 18.6 Å². The second-order valence-electron chi connectivity index (χ2n) is 5.05. The van der Waals surface area contributed by atoms with E-state index in [4.69, 9.17) is 0 Å². The third kappa shape index (κ3) is 3.05. The first-order chi connectivity index (χ1) is 12.7. The van der Waals surface area contributed by atoms with Crippen molar-refractivity contribution in [1.29, 1.82) is 0 Å². The quantitative estimate of drug-likeness (QED) is 0.595. The van der Waals surface area contributed by atoms with Gasteiger partial charge in [0.2, 0.25) is 5.13 Å². The van der Waals surface area contributed by atoms with Gasteiger partial charge < -0.3 is 0 Å². The second kappa shape index (κ2) is 6.76. The van der Waals surface area contributed by atoms with Crippen LogP contribution in [0.1, 0.15) is 10.5 Å². The first-order valence-corrected chi connectivity index (χ1v) is 8.24. The van der Waals surface area contributed by atoms with Crippen molar-refractivity contribution < 1.29 is 9.18 Å². The Hall–Kier alpha value is -3.53. The molecule has 0 aliphatic heterocycles. The van der Waals surface area contributed by atoms with Crippen LogP contribution in [0.3, 0.4) is 0 Å². The molecule has 0 saturated carbocycles. The largest absolute Gasteiger partial charge is 0.296 e. The molecule has 4 aromatic heterocycles. The SMILES string of the molecule is O=C(Nc1nc(-c2ccccn2)c(F)s1)c1cnnn1-c1ccncc1. The van der Waals surface area contributed by atoms with Gasteiger partial charge >= 0.3 is 0 Å². The molecule has 26 heavy (non-hydrogen) atoms. The number of carbonyl (C=O) groups is 1. The van der Waals surface area contributed by atoms with Gasteiger partial charge in [0.15, 0.2) is 10.8 Å². The van der Waals surface area contributed by atoms with Crippen molar-refractivity contribution in [3.05, 3.63) is 65.9 Å². The average molecular weight is 367 g/mol. The minimum absolute atomic E-state index is 0.0895. The van der Waals surface area contributed by atoms with Crippen LogP contribution in [0, 0.1) is 5.13 Å². The Morgan fingerprint density at radius 1 is 1.15 bits per heavy atom. The highest BCUT2D eigenvalue weighted by molar-refractivity contribution is 7.14. The third-order valence-electron chi connectivity index (χ3n) is 3.40. The van der Waals surface area contributed by atoms with Crippen LogP contribution < -0.4 is 5.32 Å². The number of pyridine rings is 2. The fraction of sp³-hybridized carbons (Fsp3) is 0. The van der Waals surface area contributed by atoms with Crippen LogP contribution in [0.2, 0.25) is 0 Å². The van der Waals surface area contributed by atoms with Crippen LogP contribution in [0.4, 0.5) is 9.52 Å². The Bertz CT molecular complexity index is 1050. The maximum absolute atomic E-state index is 14.2. The van der Waals surface area contributed by atoms with E-state index in [2.05, 4.69) is 30.6 Å². The molecule has 0 aromatic carbocycles. The monoisotopic (exact) mass is 367 g/mol. The number of halogens is 1. The van der Waals surface area contributed by atoms with E-state index in [1.807, 2.05) is 0 Å². The summed E-state index contributed by atoms with van der Waals surface area (Å²) in [5.74, 6) is -0.506. The topological polar surface area (TPSA) is 98.5 Å². The molecule has 128 valence electrons. The molecule has 0 aliphatic rings. The van der Waals surface area contributed by atoms with Gasteiger partial charge in [0.05, 0.1) is 17.6 Å². The minimum Gasteiger partial charge on any atom is -0.296 e. The van der Waals surface area contributed by atoms with Crippen molar-refractivity contribution in [2.24, 2.45) is 0 Å². The van der Waals surface area contributed by atoms with Crippen LogP contribution in [0.15, 0.2) is 55.1 Å². The van der Waals surface area contributed by atoms with E-state index in [-0.39, 0.29) is 16.5 Å². The summed E-state index contributed by atoms with van der Waals surface area (Å²) in [6, 6.07) is 8.48. The van der Waals surface area contributed by atoms with E-state index in [1.54, 1.807) is 48.9 Å². The van der Waals surface area contributed by atoms with Crippen molar-refractivity contribution in [3.8, 4) is 17.1 Å². The van der Waals surface area contributed by atoms with Crippen molar-refractivity contribution in [3.63, 3.8) is 0 Å². The van der Waals surface area contributed by atoms with Crippen LogP contribution in [0.25, 0.3) is 17.1 Å². The first-order valence-electron chi connectivity index (χ1n) is 7.42. The van der Waals surface area contributed by atoms with Crippen LogP contribution in [-0.4, -0.2) is 35.9 Å². The number of nitrogens with zero attached hydrogens (tertiary/aromatic N) is 6.